The summed E-state index contributed by atoms with van der Waals surface area (Å²) in [5, 5.41) is 1.03. The lowest BCUT2D eigenvalue weighted by Crippen LogP contribution is -2.19. The smallest absolute Gasteiger partial charge is 0.0202 e. The van der Waals surface area contributed by atoms with E-state index in [0.717, 1.165) is 11.8 Å². The van der Waals surface area contributed by atoms with Crippen LogP contribution in [-0.2, 0) is 0 Å². The molecule has 2 rings (SSSR count). The molecule has 4 atom stereocenters. The molecule has 1 fully saturated rings. The first-order valence-electron chi connectivity index (χ1n) is 3.33. The highest BCUT2D eigenvalue weighted by molar-refractivity contribution is 7.85. The zero-order chi connectivity index (χ0) is 6.43. The molecule has 0 amide bonds. The third-order valence-electron chi connectivity index (χ3n) is 2.38. The number of hydrogen-bond acceptors (Lipinski definition) is 2. The van der Waals surface area contributed by atoms with Gasteiger partial charge in [-0.25, -0.2) is 0 Å². The average molecular weight is 158 g/mol. The number of rotatable bonds is 0. The Morgan fingerprint density at radius 1 is 1.00 bits per heavy atom. The summed E-state index contributed by atoms with van der Waals surface area (Å²) in [6, 6.07) is 0. The van der Waals surface area contributed by atoms with Crippen molar-refractivity contribution < 1.29 is 0 Å². The molecule has 0 saturated heterocycles. The van der Waals surface area contributed by atoms with Crippen LogP contribution in [0.25, 0.3) is 0 Å². The van der Waals surface area contributed by atoms with Crippen LogP contribution in [0.4, 0.5) is 0 Å². The fourth-order valence-electron chi connectivity index (χ4n) is 1.77. The highest BCUT2D eigenvalue weighted by Gasteiger charge is 2.40. The monoisotopic (exact) mass is 158 g/mol. The molecular weight excluding hydrogens is 148 g/mol. The van der Waals surface area contributed by atoms with Crippen molar-refractivity contribution in [3.8, 4) is 0 Å². The van der Waals surface area contributed by atoms with Crippen LogP contribution in [-0.4, -0.2) is 10.5 Å². The van der Waals surface area contributed by atoms with E-state index in [2.05, 4.69) is 37.4 Å². The second-order valence-electron chi connectivity index (χ2n) is 2.93. The molecular formula is C7H10S2. The van der Waals surface area contributed by atoms with Crippen LogP contribution in [0.1, 0.15) is 6.42 Å². The van der Waals surface area contributed by atoms with Gasteiger partial charge in [-0.1, -0.05) is 12.2 Å². The van der Waals surface area contributed by atoms with Crippen LogP contribution < -0.4 is 0 Å². The van der Waals surface area contributed by atoms with Gasteiger partial charge in [0.25, 0.3) is 0 Å². The van der Waals surface area contributed by atoms with E-state index in [0.29, 0.717) is 10.5 Å². The third-order valence-corrected chi connectivity index (χ3v) is 4.02. The Hall–Kier alpha value is 0.440. The maximum absolute atomic E-state index is 4.47. The molecule has 50 valence electrons. The summed E-state index contributed by atoms with van der Waals surface area (Å²) >= 11 is 8.93. The topological polar surface area (TPSA) is 0 Å². The minimum Gasteiger partial charge on any atom is -0.174 e. The first-order valence-corrected chi connectivity index (χ1v) is 4.37. The normalized spacial score (nSPS) is 54.9. The molecule has 2 aliphatic carbocycles. The van der Waals surface area contributed by atoms with Crippen molar-refractivity contribution in [2.75, 3.05) is 0 Å². The number of thiol groups is 2. The number of fused-ring (bicyclic) bond motifs is 2. The van der Waals surface area contributed by atoms with E-state index in [1.165, 1.54) is 6.42 Å². The van der Waals surface area contributed by atoms with Crippen LogP contribution in [0.3, 0.4) is 0 Å². The quantitative estimate of drug-likeness (QED) is 0.390. The minimum absolute atomic E-state index is 0.517. The van der Waals surface area contributed by atoms with E-state index in [1.807, 2.05) is 0 Å². The molecule has 1 saturated carbocycles. The molecule has 0 aromatic heterocycles. The SMILES string of the molecule is SC1C2C=CC(C2)C1S. The first-order chi connectivity index (χ1) is 4.29. The van der Waals surface area contributed by atoms with Gasteiger partial charge in [0.2, 0.25) is 0 Å². The van der Waals surface area contributed by atoms with E-state index < -0.39 is 0 Å². The molecule has 0 N–H and O–H groups in total. The molecule has 0 radical (unpaired) electrons. The summed E-state index contributed by atoms with van der Waals surface area (Å²) in [7, 11) is 0. The van der Waals surface area contributed by atoms with Gasteiger partial charge in [-0.3, -0.25) is 0 Å². The summed E-state index contributed by atoms with van der Waals surface area (Å²) in [6.45, 7) is 0. The lowest BCUT2D eigenvalue weighted by atomic mass is 10.1. The van der Waals surface area contributed by atoms with Crippen molar-refractivity contribution in [3.63, 3.8) is 0 Å². The summed E-state index contributed by atoms with van der Waals surface area (Å²) < 4.78 is 0. The van der Waals surface area contributed by atoms with Crippen LogP contribution in [0.5, 0.6) is 0 Å². The summed E-state index contributed by atoms with van der Waals surface area (Å²) in [6.07, 6.45) is 5.87. The Morgan fingerprint density at radius 2 is 1.44 bits per heavy atom. The summed E-state index contributed by atoms with van der Waals surface area (Å²) in [5.41, 5.74) is 0. The molecule has 2 aliphatic rings. The van der Waals surface area contributed by atoms with E-state index in [9.17, 15) is 0 Å². The van der Waals surface area contributed by atoms with Gasteiger partial charge in [-0.2, -0.15) is 25.3 Å². The number of hydrogen-bond donors (Lipinski definition) is 2. The van der Waals surface area contributed by atoms with Gasteiger partial charge in [0, 0.05) is 10.5 Å². The maximum Gasteiger partial charge on any atom is 0.0202 e. The van der Waals surface area contributed by atoms with Gasteiger partial charge in [0.15, 0.2) is 0 Å². The molecule has 0 nitrogen and oxygen atoms in total. The van der Waals surface area contributed by atoms with E-state index in [4.69, 9.17) is 0 Å². The van der Waals surface area contributed by atoms with E-state index >= 15 is 0 Å². The fourth-order valence-corrected chi connectivity index (χ4v) is 2.65. The molecule has 0 aromatic carbocycles. The molecule has 0 aromatic rings. The Labute approximate surface area is 66.5 Å². The maximum atomic E-state index is 4.47. The first kappa shape index (κ1) is 6.17. The lowest BCUT2D eigenvalue weighted by Gasteiger charge is -2.17. The van der Waals surface area contributed by atoms with Crippen LogP contribution >= 0.6 is 25.3 Å². The van der Waals surface area contributed by atoms with Gasteiger partial charge < -0.3 is 0 Å². The Balaban J connectivity index is 2.26. The van der Waals surface area contributed by atoms with Crippen LogP contribution in [0.15, 0.2) is 12.2 Å². The molecule has 2 bridgehead atoms. The predicted octanol–water partition coefficient (Wildman–Crippen LogP) is 1.79. The average Bonchev–Trinajstić information content (AvgIpc) is 2.37. The zero-order valence-corrected chi connectivity index (χ0v) is 6.85. The highest BCUT2D eigenvalue weighted by atomic mass is 32.1. The molecule has 4 unspecified atom stereocenters. The second-order valence-corrected chi connectivity index (χ2v) is 4.12. The highest BCUT2D eigenvalue weighted by Crippen LogP contribution is 2.44. The van der Waals surface area contributed by atoms with Crippen molar-refractivity contribution in [1.29, 1.82) is 0 Å². The Kier molecular flexibility index (Phi) is 1.34. The Morgan fingerprint density at radius 3 is 1.67 bits per heavy atom. The van der Waals surface area contributed by atoms with Crippen LogP contribution in [0.2, 0.25) is 0 Å². The van der Waals surface area contributed by atoms with Gasteiger partial charge in [0.05, 0.1) is 0 Å². The molecule has 2 heteroatoms. The van der Waals surface area contributed by atoms with E-state index in [-0.39, 0.29) is 0 Å². The van der Waals surface area contributed by atoms with Crippen LogP contribution in [0, 0.1) is 11.8 Å². The van der Waals surface area contributed by atoms with Gasteiger partial charge in [0.1, 0.15) is 0 Å². The molecule has 0 aliphatic heterocycles. The predicted molar refractivity (Wildman–Crippen MR) is 46.3 cm³/mol. The molecule has 0 heterocycles. The summed E-state index contributed by atoms with van der Waals surface area (Å²) in [4.78, 5) is 0. The van der Waals surface area contributed by atoms with Gasteiger partial charge in [-0.05, 0) is 18.3 Å². The molecule has 9 heavy (non-hydrogen) atoms. The van der Waals surface area contributed by atoms with Crippen molar-refractivity contribution in [2.24, 2.45) is 11.8 Å². The van der Waals surface area contributed by atoms with Crippen molar-refractivity contribution in [2.45, 2.75) is 16.9 Å². The lowest BCUT2D eigenvalue weighted by molar-refractivity contribution is 0.697. The summed E-state index contributed by atoms with van der Waals surface area (Å²) in [5.74, 6) is 1.45. The Bertz CT molecular complexity index is 137. The third kappa shape index (κ3) is 0.761. The second kappa shape index (κ2) is 1.96. The van der Waals surface area contributed by atoms with Crippen molar-refractivity contribution in [1.82, 2.24) is 0 Å². The zero-order valence-electron chi connectivity index (χ0n) is 5.07. The van der Waals surface area contributed by atoms with Gasteiger partial charge in [-0.15, -0.1) is 0 Å². The molecule has 0 spiro atoms. The van der Waals surface area contributed by atoms with Crippen molar-refractivity contribution >= 4 is 25.3 Å². The standard InChI is InChI=1S/C7H10S2/c8-6-4-1-2-5(3-4)7(6)9/h1-2,4-9H,3H2. The van der Waals surface area contributed by atoms with E-state index in [1.54, 1.807) is 0 Å². The fraction of sp³-hybridized carbons (Fsp3) is 0.714. The van der Waals surface area contributed by atoms with Crippen molar-refractivity contribution in [3.05, 3.63) is 12.2 Å². The van der Waals surface area contributed by atoms with Gasteiger partial charge >= 0.3 is 0 Å². The largest absolute Gasteiger partial charge is 0.174 e. The minimum atomic E-state index is 0.517. The number of allylic oxidation sites excluding steroid dienone is 2.